The topological polar surface area (TPSA) is 64.1 Å². The first-order chi connectivity index (χ1) is 9.52. The van der Waals surface area contributed by atoms with Gasteiger partial charge in [-0.2, -0.15) is 4.98 Å². The lowest BCUT2D eigenvalue weighted by atomic mass is 10.3. The lowest BCUT2D eigenvalue weighted by Gasteiger charge is -2.05. The van der Waals surface area contributed by atoms with E-state index in [1.54, 1.807) is 18.2 Å². The Morgan fingerprint density at radius 1 is 1.15 bits per heavy atom. The van der Waals surface area contributed by atoms with Gasteiger partial charge in [-0.1, -0.05) is 15.9 Å². The van der Waals surface area contributed by atoms with Gasteiger partial charge in [0.05, 0.1) is 0 Å². The van der Waals surface area contributed by atoms with Crippen molar-refractivity contribution in [1.82, 2.24) is 4.98 Å². The molecule has 4 nitrogen and oxygen atoms in total. The second kappa shape index (κ2) is 4.75. The average molecular weight is 340 g/mol. The van der Waals surface area contributed by atoms with Gasteiger partial charge in [-0.25, -0.2) is 8.78 Å². The zero-order valence-electron chi connectivity index (χ0n) is 9.95. The van der Waals surface area contributed by atoms with Crippen LogP contribution in [0.4, 0.5) is 26.2 Å². The minimum absolute atomic E-state index is 0.00859. The Morgan fingerprint density at radius 2 is 1.85 bits per heavy atom. The van der Waals surface area contributed by atoms with Crippen molar-refractivity contribution in [2.75, 3.05) is 11.1 Å². The summed E-state index contributed by atoms with van der Waals surface area (Å²) in [5, 5.41) is 2.49. The highest BCUT2D eigenvalue weighted by Crippen LogP contribution is 2.28. The largest absolute Gasteiger partial charge is 0.423 e. The quantitative estimate of drug-likeness (QED) is 0.687. The molecule has 20 heavy (non-hydrogen) atoms. The molecule has 0 aliphatic heterocycles. The lowest BCUT2D eigenvalue weighted by Crippen LogP contribution is -1.97. The van der Waals surface area contributed by atoms with Crippen LogP contribution in [0.25, 0.3) is 11.1 Å². The summed E-state index contributed by atoms with van der Waals surface area (Å²) in [6, 6.07) is 7.19. The molecule has 3 aromatic rings. The number of nitrogens with two attached hydrogens (primary N) is 1. The Morgan fingerprint density at radius 3 is 2.55 bits per heavy atom. The number of nitrogen functional groups attached to an aromatic ring is 1. The Balaban J connectivity index is 2.01. The van der Waals surface area contributed by atoms with E-state index in [0.29, 0.717) is 21.3 Å². The van der Waals surface area contributed by atoms with E-state index >= 15 is 0 Å². The Kier molecular flexibility index (Phi) is 3.06. The van der Waals surface area contributed by atoms with Crippen molar-refractivity contribution in [3.8, 4) is 0 Å². The number of benzene rings is 2. The summed E-state index contributed by atoms with van der Waals surface area (Å²) >= 11 is 3.01. The molecule has 0 unspecified atom stereocenters. The van der Waals surface area contributed by atoms with Gasteiger partial charge in [0.2, 0.25) is 0 Å². The number of nitrogens with one attached hydrogen (secondary N) is 1. The van der Waals surface area contributed by atoms with E-state index in [-0.39, 0.29) is 11.7 Å². The third-order valence-electron chi connectivity index (χ3n) is 2.65. The van der Waals surface area contributed by atoms with Gasteiger partial charge in [-0.05, 0) is 24.3 Å². The number of nitrogens with zero attached hydrogens (tertiary/aromatic N) is 1. The normalized spacial score (nSPS) is 10.9. The Bertz CT molecular complexity index is 780. The van der Waals surface area contributed by atoms with Gasteiger partial charge in [0, 0.05) is 16.2 Å². The predicted molar refractivity (Wildman–Crippen MR) is 75.8 cm³/mol. The van der Waals surface area contributed by atoms with Gasteiger partial charge in [-0.3, -0.25) is 0 Å². The van der Waals surface area contributed by atoms with Crippen molar-refractivity contribution in [3.05, 3.63) is 46.4 Å². The maximum atomic E-state index is 13.7. The third-order valence-corrected chi connectivity index (χ3v) is 3.11. The van der Waals surface area contributed by atoms with Crippen LogP contribution < -0.4 is 11.1 Å². The van der Waals surface area contributed by atoms with E-state index in [0.717, 1.165) is 12.1 Å². The van der Waals surface area contributed by atoms with Crippen molar-refractivity contribution in [2.45, 2.75) is 0 Å². The van der Waals surface area contributed by atoms with Gasteiger partial charge in [0.15, 0.2) is 17.2 Å². The molecule has 0 saturated carbocycles. The number of halogens is 3. The summed E-state index contributed by atoms with van der Waals surface area (Å²) < 4.78 is 33.0. The molecule has 1 heterocycles. The van der Waals surface area contributed by atoms with Gasteiger partial charge in [0.1, 0.15) is 11.2 Å². The number of hydrogen-bond donors (Lipinski definition) is 2. The fraction of sp³-hybridized carbons (Fsp3) is 0. The molecule has 0 atom stereocenters. The molecule has 7 heteroatoms. The van der Waals surface area contributed by atoms with E-state index in [9.17, 15) is 8.78 Å². The number of hydrogen-bond acceptors (Lipinski definition) is 4. The highest BCUT2D eigenvalue weighted by atomic mass is 79.9. The molecule has 0 saturated heterocycles. The van der Waals surface area contributed by atoms with Crippen LogP contribution in [0.1, 0.15) is 0 Å². The Hall–Kier alpha value is -2.15. The first-order valence-electron chi connectivity index (χ1n) is 5.60. The summed E-state index contributed by atoms with van der Waals surface area (Å²) in [5.41, 5.74) is 6.78. The molecular weight excluding hydrogens is 332 g/mol. The van der Waals surface area contributed by atoms with E-state index in [2.05, 4.69) is 26.2 Å². The van der Waals surface area contributed by atoms with Crippen molar-refractivity contribution >= 4 is 44.4 Å². The van der Waals surface area contributed by atoms with E-state index in [1.165, 1.54) is 0 Å². The van der Waals surface area contributed by atoms with Gasteiger partial charge in [0.25, 0.3) is 6.01 Å². The van der Waals surface area contributed by atoms with Crippen molar-refractivity contribution in [2.24, 2.45) is 0 Å². The summed E-state index contributed by atoms with van der Waals surface area (Å²) in [6.07, 6.45) is 0. The van der Waals surface area contributed by atoms with Crippen molar-refractivity contribution in [1.29, 1.82) is 0 Å². The molecule has 0 amide bonds. The second-order valence-corrected chi connectivity index (χ2v) is 5.03. The van der Waals surface area contributed by atoms with Crippen molar-refractivity contribution in [3.63, 3.8) is 0 Å². The molecule has 1 aromatic heterocycles. The van der Waals surface area contributed by atoms with Crippen LogP contribution in [0.2, 0.25) is 0 Å². The fourth-order valence-electron chi connectivity index (χ4n) is 1.76. The molecule has 0 aliphatic rings. The molecule has 0 aliphatic carbocycles. The zero-order valence-corrected chi connectivity index (χ0v) is 11.5. The molecular formula is C13H8BrF2N3O. The van der Waals surface area contributed by atoms with Crippen LogP contribution in [-0.4, -0.2) is 4.98 Å². The SMILES string of the molecule is Nc1ccc2nc(Nc3c(F)cc(Br)cc3F)oc2c1. The lowest BCUT2D eigenvalue weighted by molar-refractivity contribution is 0.580. The highest BCUT2D eigenvalue weighted by molar-refractivity contribution is 9.10. The molecule has 0 bridgehead atoms. The van der Waals surface area contributed by atoms with Crippen LogP contribution in [-0.2, 0) is 0 Å². The minimum atomic E-state index is -0.751. The predicted octanol–water partition coefficient (Wildman–Crippen LogP) is 4.19. The van der Waals surface area contributed by atoms with Crippen LogP contribution in [0.3, 0.4) is 0 Å². The standard InChI is InChI=1S/C13H8BrF2N3O/c14-6-3-8(15)12(9(16)4-6)19-13-18-10-2-1-7(17)5-11(10)20-13/h1-5H,17H2,(H,18,19). The second-order valence-electron chi connectivity index (χ2n) is 4.12. The van der Waals surface area contributed by atoms with Crippen LogP contribution in [0, 0.1) is 11.6 Å². The van der Waals surface area contributed by atoms with E-state index in [4.69, 9.17) is 10.2 Å². The minimum Gasteiger partial charge on any atom is -0.423 e. The molecule has 0 spiro atoms. The molecule has 102 valence electrons. The monoisotopic (exact) mass is 339 g/mol. The maximum absolute atomic E-state index is 13.7. The first kappa shape index (κ1) is 12.9. The third kappa shape index (κ3) is 2.32. The number of fused-ring (bicyclic) bond motifs is 1. The van der Waals surface area contributed by atoms with E-state index < -0.39 is 11.6 Å². The smallest absolute Gasteiger partial charge is 0.300 e. The fourth-order valence-corrected chi connectivity index (χ4v) is 2.17. The number of oxazole rings is 1. The maximum Gasteiger partial charge on any atom is 0.300 e. The highest BCUT2D eigenvalue weighted by Gasteiger charge is 2.14. The number of anilines is 3. The van der Waals surface area contributed by atoms with Crippen LogP contribution in [0.5, 0.6) is 0 Å². The van der Waals surface area contributed by atoms with Gasteiger partial charge >= 0.3 is 0 Å². The number of rotatable bonds is 2. The first-order valence-corrected chi connectivity index (χ1v) is 6.40. The average Bonchev–Trinajstić information content (AvgIpc) is 2.75. The van der Waals surface area contributed by atoms with Gasteiger partial charge < -0.3 is 15.5 Å². The van der Waals surface area contributed by atoms with Crippen LogP contribution in [0.15, 0.2) is 39.2 Å². The molecule has 2 aromatic carbocycles. The zero-order chi connectivity index (χ0) is 14.3. The van der Waals surface area contributed by atoms with Gasteiger partial charge in [-0.15, -0.1) is 0 Å². The Labute approximate surface area is 120 Å². The summed E-state index contributed by atoms with van der Waals surface area (Å²) in [4.78, 5) is 4.08. The summed E-state index contributed by atoms with van der Waals surface area (Å²) in [7, 11) is 0. The summed E-state index contributed by atoms with van der Waals surface area (Å²) in [5.74, 6) is -1.50. The molecule has 3 rings (SSSR count). The molecule has 0 fully saturated rings. The summed E-state index contributed by atoms with van der Waals surface area (Å²) in [6.45, 7) is 0. The number of aromatic nitrogens is 1. The molecule has 3 N–H and O–H groups in total. The molecule has 0 radical (unpaired) electrons. The van der Waals surface area contributed by atoms with Crippen molar-refractivity contribution < 1.29 is 13.2 Å². The van der Waals surface area contributed by atoms with Crippen LogP contribution >= 0.6 is 15.9 Å². The van der Waals surface area contributed by atoms with E-state index in [1.807, 2.05) is 0 Å².